The number of aromatic carboxylic acids is 1. The van der Waals surface area contributed by atoms with Gasteiger partial charge in [-0.1, -0.05) is 0 Å². The van der Waals surface area contributed by atoms with E-state index >= 15 is 0 Å². The summed E-state index contributed by atoms with van der Waals surface area (Å²) in [6, 6.07) is 0. The van der Waals surface area contributed by atoms with Gasteiger partial charge in [0.15, 0.2) is 11.4 Å². The minimum Gasteiger partial charge on any atom is -0.505 e. The van der Waals surface area contributed by atoms with Crippen molar-refractivity contribution in [1.82, 2.24) is 19.7 Å². The van der Waals surface area contributed by atoms with Gasteiger partial charge in [-0.25, -0.2) is 14.8 Å². The van der Waals surface area contributed by atoms with E-state index in [1.165, 1.54) is 0 Å². The summed E-state index contributed by atoms with van der Waals surface area (Å²) < 4.78 is 38.8. The van der Waals surface area contributed by atoms with E-state index in [1.807, 2.05) is 0 Å². The second-order valence-electron chi connectivity index (χ2n) is 3.36. The van der Waals surface area contributed by atoms with Crippen LogP contribution in [0.5, 0.6) is 5.75 Å². The fraction of sp³-hybridized carbons (Fsp3) is 0.111. The van der Waals surface area contributed by atoms with E-state index < -0.39 is 29.4 Å². The molecule has 0 fully saturated rings. The highest BCUT2D eigenvalue weighted by atomic mass is 19.4. The van der Waals surface area contributed by atoms with Crippen molar-refractivity contribution >= 4 is 5.97 Å². The van der Waals surface area contributed by atoms with Gasteiger partial charge in [0.25, 0.3) is 5.95 Å². The Hall–Kier alpha value is -2.65. The smallest absolute Gasteiger partial charge is 0.434 e. The minimum absolute atomic E-state index is 0.253. The molecule has 0 saturated heterocycles. The molecule has 0 aliphatic carbocycles. The fourth-order valence-electron chi connectivity index (χ4n) is 1.35. The lowest BCUT2D eigenvalue weighted by atomic mass is 10.2. The molecule has 2 N–H and O–H groups in total. The standard InChI is InChI=1S/C9H5F3N4O3/c10-9(11,12)6-5(7(18)19)3-15-16(6)8-13-1-4(17)2-14-8/h1-3,17H,(H,18,19). The maximum atomic E-state index is 12.8. The van der Waals surface area contributed by atoms with Crippen molar-refractivity contribution in [1.29, 1.82) is 0 Å². The van der Waals surface area contributed by atoms with Crippen LogP contribution in [-0.2, 0) is 6.18 Å². The summed E-state index contributed by atoms with van der Waals surface area (Å²) in [6.07, 6.45) is -2.65. The summed E-state index contributed by atoms with van der Waals surface area (Å²) >= 11 is 0. The highest BCUT2D eigenvalue weighted by Crippen LogP contribution is 2.33. The van der Waals surface area contributed by atoms with Crippen LogP contribution < -0.4 is 0 Å². The van der Waals surface area contributed by atoms with Crippen molar-refractivity contribution in [2.24, 2.45) is 0 Å². The van der Waals surface area contributed by atoms with Crippen molar-refractivity contribution in [3.05, 3.63) is 29.8 Å². The van der Waals surface area contributed by atoms with Crippen LogP contribution in [0.3, 0.4) is 0 Å². The Morgan fingerprint density at radius 1 is 1.21 bits per heavy atom. The Labute approximate surface area is 103 Å². The molecular formula is C9H5F3N4O3. The summed E-state index contributed by atoms with van der Waals surface area (Å²) in [5.74, 6) is -2.61. The minimum atomic E-state index is -4.94. The van der Waals surface area contributed by atoms with E-state index in [0.29, 0.717) is 6.20 Å². The quantitative estimate of drug-likeness (QED) is 0.849. The molecule has 7 nitrogen and oxygen atoms in total. The van der Waals surface area contributed by atoms with Crippen molar-refractivity contribution in [2.45, 2.75) is 6.18 Å². The van der Waals surface area contributed by atoms with Crippen molar-refractivity contribution in [2.75, 3.05) is 0 Å². The first-order valence-electron chi connectivity index (χ1n) is 4.70. The zero-order valence-electron chi connectivity index (χ0n) is 8.96. The van der Waals surface area contributed by atoms with Gasteiger partial charge in [0, 0.05) is 0 Å². The molecule has 2 aromatic rings. The molecule has 0 saturated carbocycles. The molecule has 2 rings (SSSR count). The number of carboxylic acids is 1. The lowest BCUT2D eigenvalue weighted by Crippen LogP contribution is -2.18. The topological polar surface area (TPSA) is 101 Å². The molecule has 2 heterocycles. The highest BCUT2D eigenvalue weighted by molar-refractivity contribution is 5.89. The van der Waals surface area contributed by atoms with Gasteiger partial charge in [-0.3, -0.25) is 0 Å². The zero-order chi connectivity index (χ0) is 14.2. The fourth-order valence-corrected chi connectivity index (χ4v) is 1.35. The Kier molecular flexibility index (Phi) is 2.85. The SMILES string of the molecule is O=C(O)c1cnn(-c2ncc(O)cn2)c1C(F)(F)F. The number of carboxylic acid groups (broad SMARTS) is 1. The number of hydrogen-bond donors (Lipinski definition) is 2. The first kappa shape index (κ1) is 12.8. The number of nitrogens with zero attached hydrogens (tertiary/aromatic N) is 4. The van der Waals surface area contributed by atoms with Crippen molar-refractivity contribution < 1.29 is 28.2 Å². The van der Waals surface area contributed by atoms with Gasteiger partial charge in [0.1, 0.15) is 5.56 Å². The molecule has 10 heteroatoms. The van der Waals surface area contributed by atoms with E-state index in [2.05, 4.69) is 15.1 Å². The predicted octanol–water partition coefficient (Wildman–Crippen LogP) is 1.08. The van der Waals surface area contributed by atoms with Crippen molar-refractivity contribution in [3.63, 3.8) is 0 Å². The lowest BCUT2D eigenvalue weighted by Gasteiger charge is -2.09. The molecule has 0 aromatic carbocycles. The number of carbonyl (C=O) groups is 1. The summed E-state index contributed by atoms with van der Waals surface area (Å²) in [5, 5.41) is 21.0. The second-order valence-corrected chi connectivity index (χ2v) is 3.36. The molecule has 100 valence electrons. The van der Waals surface area contributed by atoms with Crippen LogP contribution in [0.25, 0.3) is 5.95 Å². The van der Waals surface area contributed by atoms with Gasteiger partial charge in [-0.05, 0) is 0 Å². The third-order valence-corrected chi connectivity index (χ3v) is 2.08. The first-order chi connectivity index (χ1) is 8.80. The summed E-state index contributed by atoms with van der Waals surface area (Å²) in [5.41, 5.74) is -2.50. The molecular weight excluding hydrogens is 269 g/mol. The Morgan fingerprint density at radius 3 is 2.26 bits per heavy atom. The number of aromatic nitrogens is 4. The second kappa shape index (κ2) is 4.23. The van der Waals surface area contributed by atoms with Crippen LogP contribution >= 0.6 is 0 Å². The molecule has 0 bridgehead atoms. The van der Waals surface area contributed by atoms with Gasteiger partial charge >= 0.3 is 12.1 Å². The van der Waals surface area contributed by atoms with E-state index in [4.69, 9.17) is 10.2 Å². The molecule has 0 amide bonds. The molecule has 0 aliphatic heterocycles. The Bertz CT molecular complexity index is 621. The monoisotopic (exact) mass is 274 g/mol. The van der Waals surface area contributed by atoms with E-state index in [0.717, 1.165) is 12.4 Å². The summed E-state index contributed by atoms with van der Waals surface area (Å²) in [6.45, 7) is 0. The summed E-state index contributed by atoms with van der Waals surface area (Å²) in [4.78, 5) is 17.6. The third kappa shape index (κ3) is 2.32. The first-order valence-corrected chi connectivity index (χ1v) is 4.70. The lowest BCUT2D eigenvalue weighted by molar-refractivity contribution is -0.143. The zero-order valence-corrected chi connectivity index (χ0v) is 8.96. The predicted molar refractivity (Wildman–Crippen MR) is 52.8 cm³/mol. The molecule has 0 atom stereocenters. The summed E-state index contributed by atoms with van der Waals surface area (Å²) in [7, 11) is 0. The number of aromatic hydroxyl groups is 1. The van der Waals surface area contributed by atoms with Gasteiger partial charge in [0.05, 0.1) is 18.6 Å². The number of halogens is 3. The van der Waals surface area contributed by atoms with Gasteiger partial charge in [-0.2, -0.15) is 23.0 Å². The van der Waals surface area contributed by atoms with Crippen LogP contribution in [0, 0.1) is 0 Å². The number of alkyl halides is 3. The van der Waals surface area contributed by atoms with Crippen LogP contribution in [0.2, 0.25) is 0 Å². The van der Waals surface area contributed by atoms with Crippen molar-refractivity contribution in [3.8, 4) is 11.7 Å². The molecule has 0 radical (unpaired) electrons. The molecule has 0 unspecified atom stereocenters. The van der Waals surface area contributed by atoms with Gasteiger partial charge in [-0.15, -0.1) is 0 Å². The Balaban J connectivity index is 2.64. The van der Waals surface area contributed by atoms with Crippen LogP contribution in [-0.4, -0.2) is 35.9 Å². The van der Waals surface area contributed by atoms with Crippen LogP contribution in [0.4, 0.5) is 13.2 Å². The van der Waals surface area contributed by atoms with E-state index in [1.54, 1.807) is 0 Å². The van der Waals surface area contributed by atoms with E-state index in [-0.39, 0.29) is 10.4 Å². The van der Waals surface area contributed by atoms with E-state index in [9.17, 15) is 18.0 Å². The largest absolute Gasteiger partial charge is 0.505 e. The normalized spacial score (nSPS) is 11.5. The average Bonchev–Trinajstić information content (AvgIpc) is 2.74. The average molecular weight is 274 g/mol. The molecule has 0 spiro atoms. The molecule has 19 heavy (non-hydrogen) atoms. The Morgan fingerprint density at radius 2 is 1.79 bits per heavy atom. The molecule has 0 aliphatic rings. The highest BCUT2D eigenvalue weighted by Gasteiger charge is 2.41. The van der Waals surface area contributed by atoms with Crippen LogP contribution in [0.1, 0.15) is 16.1 Å². The van der Waals surface area contributed by atoms with Gasteiger partial charge in [0.2, 0.25) is 0 Å². The molecule has 2 aromatic heterocycles. The van der Waals surface area contributed by atoms with Crippen LogP contribution in [0.15, 0.2) is 18.6 Å². The number of rotatable bonds is 2. The third-order valence-electron chi connectivity index (χ3n) is 2.08. The maximum Gasteiger partial charge on any atom is 0.434 e. The maximum absolute atomic E-state index is 12.8. The van der Waals surface area contributed by atoms with Gasteiger partial charge < -0.3 is 10.2 Å². The number of hydrogen-bond acceptors (Lipinski definition) is 5.